The number of hydrogen-bond donors (Lipinski definition) is 3. The summed E-state index contributed by atoms with van der Waals surface area (Å²) in [5.74, 6) is 0. The second kappa shape index (κ2) is 5.79. The SMILES string of the molecule is N#C/C(N)=C(\C#N)NC(=O)Nc1ccccc1. The van der Waals surface area contributed by atoms with E-state index in [-0.39, 0.29) is 11.4 Å². The van der Waals surface area contributed by atoms with Crippen molar-refractivity contribution < 1.29 is 4.79 Å². The van der Waals surface area contributed by atoms with Crippen molar-refractivity contribution in [3.8, 4) is 12.1 Å². The van der Waals surface area contributed by atoms with Crippen LogP contribution in [0.15, 0.2) is 41.7 Å². The standard InChI is InChI=1S/C11H9N5O/c12-6-9(14)10(7-13)16-11(17)15-8-4-2-1-3-5-8/h1-5H,14H2,(H2,15,16,17)/b10-9-. The minimum absolute atomic E-state index is 0.277. The molecule has 0 saturated carbocycles. The summed E-state index contributed by atoms with van der Waals surface area (Å²) in [5.41, 5.74) is 5.18. The Hall–Kier alpha value is -2.99. The van der Waals surface area contributed by atoms with Crippen LogP contribution in [0.5, 0.6) is 0 Å². The van der Waals surface area contributed by atoms with Crippen LogP contribution in [0.3, 0.4) is 0 Å². The van der Waals surface area contributed by atoms with E-state index >= 15 is 0 Å². The molecule has 1 aromatic carbocycles. The lowest BCUT2D eigenvalue weighted by molar-refractivity contribution is 0.254. The van der Waals surface area contributed by atoms with E-state index in [1.165, 1.54) is 0 Å². The quantitative estimate of drug-likeness (QED) is 0.654. The fourth-order valence-corrected chi connectivity index (χ4v) is 1.01. The van der Waals surface area contributed by atoms with Crippen molar-refractivity contribution in [3.63, 3.8) is 0 Å². The summed E-state index contributed by atoms with van der Waals surface area (Å²) in [6.07, 6.45) is 0. The molecule has 2 amide bonds. The fourth-order valence-electron chi connectivity index (χ4n) is 1.01. The monoisotopic (exact) mass is 227 g/mol. The van der Waals surface area contributed by atoms with Gasteiger partial charge in [0.05, 0.1) is 0 Å². The van der Waals surface area contributed by atoms with Gasteiger partial charge in [0.1, 0.15) is 17.8 Å². The summed E-state index contributed by atoms with van der Waals surface area (Å²) in [6.45, 7) is 0. The van der Waals surface area contributed by atoms with Crippen LogP contribution in [0, 0.1) is 22.7 Å². The Morgan fingerprint density at radius 1 is 1.18 bits per heavy atom. The first kappa shape index (κ1) is 12.1. The summed E-state index contributed by atoms with van der Waals surface area (Å²) in [6, 6.07) is 11.2. The van der Waals surface area contributed by atoms with E-state index in [0.29, 0.717) is 5.69 Å². The third-order valence-corrected chi connectivity index (χ3v) is 1.77. The van der Waals surface area contributed by atoms with Crippen molar-refractivity contribution >= 4 is 11.7 Å². The fraction of sp³-hybridized carbons (Fsp3) is 0. The summed E-state index contributed by atoms with van der Waals surface area (Å²) < 4.78 is 0. The highest BCUT2D eigenvalue weighted by Crippen LogP contribution is 2.04. The molecule has 0 unspecified atom stereocenters. The predicted molar refractivity (Wildman–Crippen MR) is 61.0 cm³/mol. The van der Waals surface area contributed by atoms with E-state index in [9.17, 15) is 4.79 Å². The third-order valence-electron chi connectivity index (χ3n) is 1.77. The molecule has 0 heterocycles. The van der Waals surface area contributed by atoms with Crippen LogP contribution in [-0.2, 0) is 0 Å². The van der Waals surface area contributed by atoms with Gasteiger partial charge in [-0.05, 0) is 12.1 Å². The molecule has 0 radical (unpaired) electrons. The molecular formula is C11H9N5O. The predicted octanol–water partition coefficient (Wildman–Crippen LogP) is 1.03. The summed E-state index contributed by atoms with van der Waals surface area (Å²) in [7, 11) is 0. The molecule has 0 atom stereocenters. The molecule has 4 N–H and O–H groups in total. The van der Waals surface area contributed by atoms with E-state index in [0.717, 1.165) is 0 Å². The minimum atomic E-state index is -0.633. The van der Waals surface area contributed by atoms with Crippen LogP contribution in [-0.4, -0.2) is 6.03 Å². The maximum atomic E-state index is 11.4. The summed E-state index contributed by atoms with van der Waals surface area (Å²) >= 11 is 0. The Morgan fingerprint density at radius 3 is 2.35 bits per heavy atom. The second-order valence-corrected chi connectivity index (χ2v) is 2.96. The molecule has 1 aromatic rings. The third kappa shape index (κ3) is 3.57. The van der Waals surface area contributed by atoms with Crippen molar-refractivity contribution in [2.24, 2.45) is 5.73 Å². The molecule has 6 heteroatoms. The first-order chi connectivity index (χ1) is 8.17. The highest BCUT2D eigenvalue weighted by molar-refractivity contribution is 5.90. The largest absolute Gasteiger partial charge is 0.388 e. The smallest absolute Gasteiger partial charge is 0.324 e. The van der Waals surface area contributed by atoms with Crippen molar-refractivity contribution in [2.75, 3.05) is 5.32 Å². The lowest BCUT2D eigenvalue weighted by atomic mass is 10.3. The van der Waals surface area contributed by atoms with Gasteiger partial charge in [-0.25, -0.2) is 4.79 Å². The Balaban J connectivity index is 2.69. The Bertz CT molecular complexity index is 521. The number of para-hydroxylation sites is 1. The van der Waals surface area contributed by atoms with Crippen LogP contribution >= 0.6 is 0 Å². The average molecular weight is 227 g/mol. The molecule has 84 valence electrons. The Labute approximate surface area is 98.0 Å². The maximum Gasteiger partial charge on any atom is 0.324 e. The molecule has 0 saturated heterocycles. The Kier molecular flexibility index (Phi) is 4.11. The lowest BCUT2D eigenvalue weighted by Crippen LogP contribution is -2.29. The number of allylic oxidation sites excluding steroid dienone is 2. The van der Waals surface area contributed by atoms with Crippen LogP contribution in [0.2, 0.25) is 0 Å². The van der Waals surface area contributed by atoms with E-state index < -0.39 is 6.03 Å². The number of rotatable bonds is 2. The number of nitrogens with two attached hydrogens (primary N) is 1. The van der Waals surface area contributed by atoms with Crippen LogP contribution < -0.4 is 16.4 Å². The van der Waals surface area contributed by atoms with E-state index in [2.05, 4.69) is 10.6 Å². The lowest BCUT2D eigenvalue weighted by Gasteiger charge is -2.06. The number of amides is 2. The zero-order valence-corrected chi connectivity index (χ0v) is 8.77. The molecule has 6 nitrogen and oxygen atoms in total. The van der Waals surface area contributed by atoms with Crippen molar-refractivity contribution in [1.29, 1.82) is 10.5 Å². The number of urea groups is 1. The van der Waals surface area contributed by atoms with Gasteiger partial charge < -0.3 is 11.1 Å². The molecule has 0 spiro atoms. The van der Waals surface area contributed by atoms with Crippen molar-refractivity contribution in [1.82, 2.24) is 5.32 Å². The number of hydrogen-bond acceptors (Lipinski definition) is 4. The van der Waals surface area contributed by atoms with Gasteiger partial charge in [0.25, 0.3) is 0 Å². The van der Waals surface area contributed by atoms with Crippen LogP contribution in [0.25, 0.3) is 0 Å². The number of benzene rings is 1. The highest BCUT2D eigenvalue weighted by atomic mass is 16.2. The molecule has 0 aromatic heterocycles. The first-order valence-corrected chi connectivity index (χ1v) is 4.60. The van der Waals surface area contributed by atoms with Crippen LogP contribution in [0.4, 0.5) is 10.5 Å². The van der Waals surface area contributed by atoms with Gasteiger partial charge in [0.2, 0.25) is 0 Å². The van der Waals surface area contributed by atoms with E-state index in [1.54, 1.807) is 42.5 Å². The van der Waals surface area contributed by atoms with Gasteiger partial charge in [-0.2, -0.15) is 10.5 Å². The second-order valence-electron chi connectivity index (χ2n) is 2.96. The maximum absolute atomic E-state index is 11.4. The zero-order chi connectivity index (χ0) is 12.7. The highest BCUT2D eigenvalue weighted by Gasteiger charge is 2.07. The molecule has 0 aliphatic carbocycles. The number of nitrogens with zero attached hydrogens (tertiary/aromatic N) is 2. The number of carbonyl (C=O) groups is 1. The van der Waals surface area contributed by atoms with Gasteiger partial charge >= 0.3 is 6.03 Å². The van der Waals surface area contributed by atoms with Gasteiger partial charge in [-0.15, -0.1) is 0 Å². The summed E-state index contributed by atoms with van der Waals surface area (Å²) in [5, 5.41) is 21.8. The van der Waals surface area contributed by atoms with Gasteiger partial charge in [-0.3, -0.25) is 5.32 Å². The molecular weight excluding hydrogens is 218 g/mol. The van der Waals surface area contributed by atoms with E-state index in [1.807, 2.05) is 0 Å². The molecule has 0 bridgehead atoms. The molecule has 17 heavy (non-hydrogen) atoms. The molecule has 1 rings (SSSR count). The van der Waals surface area contributed by atoms with Gasteiger partial charge in [0, 0.05) is 5.69 Å². The van der Waals surface area contributed by atoms with E-state index in [4.69, 9.17) is 16.3 Å². The zero-order valence-electron chi connectivity index (χ0n) is 8.77. The number of carbonyl (C=O) groups excluding carboxylic acids is 1. The number of nitriles is 2. The van der Waals surface area contributed by atoms with Gasteiger partial charge in [-0.1, -0.05) is 18.2 Å². The number of anilines is 1. The average Bonchev–Trinajstić information content (AvgIpc) is 2.36. The normalized spacial score (nSPS) is 10.5. The topological polar surface area (TPSA) is 115 Å². The summed E-state index contributed by atoms with van der Waals surface area (Å²) in [4.78, 5) is 11.4. The molecule has 0 aliphatic rings. The minimum Gasteiger partial charge on any atom is -0.388 e. The number of nitrogens with one attached hydrogen (secondary N) is 2. The Morgan fingerprint density at radius 2 is 1.82 bits per heavy atom. The van der Waals surface area contributed by atoms with Crippen molar-refractivity contribution in [2.45, 2.75) is 0 Å². The molecule has 0 aliphatic heterocycles. The van der Waals surface area contributed by atoms with Crippen molar-refractivity contribution in [3.05, 3.63) is 41.7 Å². The van der Waals surface area contributed by atoms with Crippen LogP contribution in [0.1, 0.15) is 0 Å². The first-order valence-electron chi connectivity index (χ1n) is 4.60. The van der Waals surface area contributed by atoms with Gasteiger partial charge in [0.15, 0.2) is 5.70 Å². The molecule has 0 fully saturated rings.